The summed E-state index contributed by atoms with van der Waals surface area (Å²) in [5.74, 6) is 0. The molecule has 1 aromatic carbocycles. The average molecular weight is 336 g/mol. The first kappa shape index (κ1) is 18.4. The molecule has 0 radical (unpaired) electrons. The van der Waals surface area contributed by atoms with E-state index in [2.05, 4.69) is 4.90 Å². The van der Waals surface area contributed by atoms with Crippen LogP contribution in [0.25, 0.3) is 0 Å². The van der Waals surface area contributed by atoms with Crippen molar-refractivity contribution < 1.29 is 19.3 Å². The van der Waals surface area contributed by atoms with Crippen LogP contribution in [0.15, 0.2) is 24.3 Å². The maximum atomic E-state index is 12.0. The Kier molecular flexibility index (Phi) is 4.96. The number of nitrogens with zero attached hydrogens (tertiary/aromatic N) is 3. The molecule has 0 aliphatic carbocycles. The lowest BCUT2D eigenvalue weighted by molar-refractivity contribution is -0.929. The highest BCUT2D eigenvalue weighted by Gasteiger charge is 2.54. The van der Waals surface area contributed by atoms with E-state index in [9.17, 15) is 20.0 Å². The first-order valence-electron chi connectivity index (χ1n) is 8.15. The second-order valence-electron chi connectivity index (χ2n) is 7.55. The fourth-order valence-corrected chi connectivity index (χ4v) is 3.82. The summed E-state index contributed by atoms with van der Waals surface area (Å²) < 4.78 is 0.0593. The summed E-state index contributed by atoms with van der Waals surface area (Å²) in [6.45, 7) is 10.5. The largest absolute Gasteiger partial charge is 0.514 e. The molecule has 1 saturated heterocycles. The molecule has 0 aromatic heterocycles. The van der Waals surface area contributed by atoms with Gasteiger partial charge in [0.15, 0.2) is 0 Å². The van der Waals surface area contributed by atoms with Gasteiger partial charge in [-0.2, -0.15) is 4.79 Å². The van der Waals surface area contributed by atoms with Gasteiger partial charge in [-0.05, 0) is 33.3 Å². The van der Waals surface area contributed by atoms with Crippen LogP contribution in [-0.2, 0) is 6.54 Å². The Morgan fingerprint density at radius 3 is 2.38 bits per heavy atom. The lowest BCUT2D eigenvalue weighted by Crippen LogP contribution is -2.73. The highest BCUT2D eigenvalue weighted by Crippen LogP contribution is 2.32. The first-order valence-corrected chi connectivity index (χ1v) is 8.15. The number of hydrogen-bond donors (Lipinski definition) is 1. The number of rotatable bonds is 3. The van der Waals surface area contributed by atoms with Gasteiger partial charge in [0.1, 0.15) is 18.1 Å². The highest BCUT2D eigenvalue weighted by atomic mass is 16.6. The molecule has 1 N–H and O–H groups in total. The molecule has 2 atom stereocenters. The van der Waals surface area contributed by atoms with E-state index in [0.717, 1.165) is 5.56 Å². The van der Waals surface area contributed by atoms with Gasteiger partial charge >= 0.3 is 6.09 Å². The topological polar surface area (TPSA) is 83.7 Å². The van der Waals surface area contributed by atoms with Crippen LogP contribution in [0.2, 0.25) is 0 Å². The predicted molar refractivity (Wildman–Crippen MR) is 90.7 cm³/mol. The minimum absolute atomic E-state index is 0.0331. The van der Waals surface area contributed by atoms with E-state index < -0.39 is 11.0 Å². The van der Waals surface area contributed by atoms with E-state index in [1.165, 1.54) is 12.1 Å². The molecular formula is C17H26N3O4+. The average Bonchev–Trinajstić information content (AvgIpc) is 2.46. The van der Waals surface area contributed by atoms with Crippen LogP contribution < -0.4 is 0 Å². The van der Waals surface area contributed by atoms with E-state index in [0.29, 0.717) is 26.2 Å². The Labute approximate surface area is 142 Å². The quantitative estimate of drug-likeness (QED) is 0.521. The van der Waals surface area contributed by atoms with Crippen LogP contribution in [0.4, 0.5) is 10.5 Å². The molecule has 7 heteroatoms. The minimum Gasteiger partial charge on any atom is -0.435 e. The molecule has 1 heterocycles. The zero-order valence-electron chi connectivity index (χ0n) is 14.7. The van der Waals surface area contributed by atoms with Gasteiger partial charge < -0.3 is 5.11 Å². The Bertz CT molecular complexity index is 624. The monoisotopic (exact) mass is 336 g/mol. The van der Waals surface area contributed by atoms with Crippen molar-refractivity contribution in [1.82, 2.24) is 4.90 Å². The van der Waals surface area contributed by atoms with Crippen LogP contribution in [0, 0.1) is 10.1 Å². The summed E-state index contributed by atoms with van der Waals surface area (Å²) in [7, 11) is 0. The second kappa shape index (κ2) is 6.49. The Morgan fingerprint density at radius 2 is 1.96 bits per heavy atom. The maximum Gasteiger partial charge on any atom is 0.514 e. The fourth-order valence-electron chi connectivity index (χ4n) is 3.82. The van der Waals surface area contributed by atoms with Crippen molar-refractivity contribution in [3.05, 3.63) is 39.9 Å². The molecule has 2 rings (SSSR count). The molecule has 24 heavy (non-hydrogen) atoms. The molecular weight excluding hydrogens is 310 g/mol. The van der Waals surface area contributed by atoms with E-state index in [4.69, 9.17) is 0 Å². The lowest BCUT2D eigenvalue weighted by Gasteiger charge is -2.52. The van der Waals surface area contributed by atoms with Crippen molar-refractivity contribution in [2.75, 3.05) is 19.6 Å². The van der Waals surface area contributed by atoms with Gasteiger partial charge in [0.05, 0.1) is 11.5 Å². The molecule has 1 aromatic rings. The van der Waals surface area contributed by atoms with Gasteiger partial charge in [0.25, 0.3) is 5.69 Å². The van der Waals surface area contributed by atoms with Crippen molar-refractivity contribution in [1.29, 1.82) is 0 Å². The maximum absolute atomic E-state index is 12.0. The number of carboxylic acid groups (broad SMARTS) is 1. The summed E-state index contributed by atoms with van der Waals surface area (Å²) in [5.41, 5.74) is 0.712. The van der Waals surface area contributed by atoms with Crippen LogP contribution in [-0.4, -0.2) is 56.7 Å². The number of carbonyl (C=O) groups is 1. The number of quaternary nitrogens is 1. The van der Waals surface area contributed by atoms with E-state index in [1.54, 1.807) is 12.1 Å². The number of nitro groups is 1. The normalized spacial score (nSPS) is 25.4. The van der Waals surface area contributed by atoms with Crippen molar-refractivity contribution in [3.63, 3.8) is 0 Å². The van der Waals surface area contributed by atoms with Gasteiger partial charge in [-0.15, -0.1) is 0 Å². The molecule has 1 fully saturated rings. The summed E-state index contributed by atoms with van der Waals surface area (Å²) >= 11 is 0. The number of hydrogen-bond acceptors (Lipinski definition) is 4. The van der Waals surface area contributed by atoms with Gasteiger partial charge in [-0.3, -0.25) is 15.0 Å². The molecule has 1 unspecified atom stereocenters. The molecule has 1 aliphatic heterocycles. The zero-order chi connectivity index (χ0) is 18.1. The van der Waals surface area contributed by atoms with Crippen LogP contribution in [0.5, 0.6) is 0 Å². The minimum atomic E-state index is -0.773. The lowest BCUT2D eigenvalue weighted by atomic mass is 9.95. The summed E-state index contributed by atoms with van der Waals surface area (Å²) in [6, 6.07) is 6.51. The smallest absolute Gasteiger partial charge is 0.435 e. The fraction of sp³-hybridized carbons (Fsp3) is 0.588. The Balaban J connectivity index is 2.10. The summed E-state index contributed by atoms with van der Waals surface area (Å²) in [6.07, 6.45) is -0.773. The number of amides is 1. The third kappa shape index (κ3) is 3.27. The number of non-ortho nitro benzene ring substituents is 1. The molecule has 7 nitrogen and oxygen atoms in total. The van der Waals surface area contributed by atoms with Crippen molar-refractivity contribution >= 4 is 11.8 Å². The van der Waals surface area contributed by atoms with Crippen molar-refractivity contribution in [2.24, 2.45) is 0 Å². The first-order chi connectivity index (χ1) is 11.1. The van der Waals surface area contributed by atoms with E-state index in [1.807, 2.05) is 27.7 Å². The van der Waals surface area contributed by atoms with E-state index >= 15 is 0 Å². The number of piperazine rings is 1. The van der Waals surface area contributed by atoms with Crippen molar-refractivity contribution in [3.8, 4) is 0 Å². The molecule has 132 valence electrons. The zero-order valence-corrected chi connectivity index (χ0v) is 14.7. The Morgan fingerprint density at radius 1 is 1.38 bits per heavy atom. The third-order valence-electron chi connectivity index (χ3n) is 5.14. The molecule has 1 aliphatic rings. The standard InChI is InChI=1S/C17H25N3O4/c1-13-11-18(9-10-20(13,16(21)22)17(2,3)4)12-14-5-7-15(8-6-14)19(23)24/h5-8,13H,9-12H2,1-4H3/p+1/t13-,20?/m1/s1. The predicted octanol–water partition coefficient (Wildman–Crippen LogP) is 3.09. The van der Waals surface area contributed by atoms with Gasteiger partial charge in [-0.25, -0.2) is 4.48 Å². The van der Waals surface area contributed by atoms with Crippen LogP contribution >= 0.6 is 0 Å². The molecule has 0 saturated carbocycles. The summed E-state index contributed by atoms with van der Waals surface area (Å²) in [4.78, 5) is 24.5. The van der Waals surface area contributed by atoms with E-state index in [-0.39, 0.29) is 21.8 Å². The highest BCUT2D eigenvalue weighted by molar-refractivity contribution is 5.58. The van der Waals surface area contributed by atoms with Crippen molar-refractivity contribution in [2.45, 2.75) is 45.8 Å². The number of benzene rings is 1. The van der Waals surface area contributed by atoms with Gasteiger partial charge in [0.2, 0.25) is 0 Å². The SMILES string of the molecule is C[C@@H]1CN(Cc2ccc([N+](=O)[O-])cc2)CC[N+]1(C(=O)O)C(C)(C)C. The molecule has 1 amide bonds. The van der Waals surface area contributed by atoms with Crippen LogP contribution in [0.3, 0.4) is 0 Å². The second-order valence-corrected chi connectivity index (χ2v) is 7.55. The number of nitro benzene ring substituents is 1. The Hall–Kier alpha value is -1.99. The molecule has 0 bridgehead atoms. The van der Waals surface area contributed by atoms with Gasteiger partial charge in [0, 0.05) is 25.2 Å². The third-order valence-corrected chi connectivity index (χ3v) is 5.14. The molecule has 0 spiro atoms. The summed E-state index contributed by atoms with van der Waals surface area (Å²) in [5, 5.41) is 20.6. The van der Waals surface area contributed by atoms with Crippen LogP contribution in [0.1, 0.15) is 33.3 Å². The van der Waals surface area contributed by atoms with Gasteiger partial charge in [-0.1, -0.05) is 12.1 Å².